The highest BCUT2D eigenvalue weighted by molar-refractivity contribution is 6.62. The molecule has 1 aliphatic rings. The summed E-state index contributed by atoms with van der Waals surface area (Å²) < 4.78 is 4.48. The van der Waals surface area contributed by atoms with E-state index in [0.717, 1.165) is 5.46 Å². The normalized spacial score (nSPS) is 10.9. The summed E-state index contributed by atoms with van der Waals surface area (Å²) in [5, 5.41) is 9.68. The van der Waals surface area contributed by atoms with Crippen molar-refractivity contribution in [3.63, 3.8) is 0 Å². The molecular formula is C11H13BNO3. The maximum absolute atomic E-state index is 11.2. The number of ether oxygens (including phenoxy) is 1. The predicted molar refractivity (Wildman–Crippen MR) is 63.0 cm³/mol. The molecule has 0 amide bonds. The van der Waals surface area contributed by atoms with Crippen molar-refractivity contribution in [2.45, 2.75) is 13.8 Å². The monoisotopic (exact) mass is 218 g/mol. The molecule has 1 N–H and O–H groups in total. The van der Waals surface area contributed by atoms with Crippen LogP contribution in [0.3, 0.4) is 0 Å². The first-order chi connectivity index (χ1) is 7.74. The Hall–Kier alpha value is -1.78. The fraction of sp³-hybridized carbons (Fsp3) is 0.273. The fourth-order valence-corrected chi connectivity index (χ4v) is 1.33. The van der Waals surface area contributed by atoms with Gasteiger partial charge in [-0.25, -0.2) is 9.78 Å². The molecule has 4 nitrogen and oxygen atoms in total. The molecule has 0 saturated heterocycles. The predicted octanol–water partition coefficient (Wildman–Crippen LogP) is 0.914. The topological polar surface area (TPSA) is 59.4 Å². The van der Waals surface area contributed by atoms with Gasteiger partial charge in [0.2, 0.25) is 0 Å². The first kappa shape index (κ1) is 12.3. The van der Waals surface area contributed by atoms with Crippen LogP contribution >= 0.6 is 0 Å². The zero-order chi connectivity index (χ0) is 12.1. The summed E-state index contributed by atoms with van der Waals surface area (Å²) in [6.45, 7) is 4.00. The van der Waals surface area contributed by atoms with E-state index in [2.05, 4.69) is 9.72 Å². The smallest absolute Gasteiger partial charge is 0.360 e. The standard InChI is InChI=1S/C9H7BNO3.C2H6/c1-14-9(13)7-8(12)5-2-3-10-6(5)4-11-7;1-2/h2-4,12H,1H3;1-2H3. The minimum atomic E-state index is -0.634. The molecular weight excluding hydrogens is 205 g/mol. The van der Waals surface area contributed by atoms with Gasteiger partial charge >= 0.3 is 5.97 Å². The van der Waals surface area contributed by atoms with E-state index in [1.807, 2.05) is 21.1 Å². The van der Waals surface area contributed by atoms with E-state index in [-0.39, 0.29) is 11.4 Å². The lowest BCUT2D eigenvalue weighted by Gasteiger charge is -2.05. The number of rotatable bonds is 1. The van der Waals surface area contributed by atoms with Gasteiger partial charge in [-0.2, -0.15) is 0 Å². The van der Waals surface area contributed by atoms with E-state index in [1.165, 1.54) is 13.3 Å². The number of aromatic hydroxyl groups is 1. The largest absolute Gasteiger partial charge is 0.505 e. The van der Waals surface area contributed by atoms with Crippen LogP contribution < -0.4 is 5.46 Å². The molecule has 0 atom stereocenters. The molecule has 0 saturated carbocycles. The number of esters is 1. The van der Waals surface area contributed by atoms with Gasteiger partial charge in [0.15, 0.2) is 18.7 Å². The second kappa shape index (κ2) is 5.35. The fourth-order valence-electron chi connectivity index (χ4n) is 1.33. The van der Waals surface area contributed by atoms with Crippen LogP contribution in [0.15, 0.2) is 12.2 Å². The van der Waals surface area contributed by atoms with Gasteiger partial charge in [-0.05, 0) is 0 Å². The third-order valence-electron chi connectivity index (χ3n) is 2.04. The van der Waals surface area contributed by atoms with Crippen molar-refractivity contribution >= 4 is 24.8 Å². The van der Waals surface area contributed by atoms with E-state index in [1.54, 1.807) is 12.1 Å². The quantitative estimate of drug-likeness (QED) is 0.562. The van der Waals surface area contributed by atoms with Crippen molar-refractivity contribution in [2.24, 2.45) is 0 Å². The van der Waals surface area contributed by atoms with Crippen LogP contribution in [-0.2, 0) is 4.74 Å². The minimum Gasteiger partial charge on any atom is -0.505 e. The first-order valence-electron chi connectivity index (χ1n) is 5.05. The first-order valence-corrected chi connectivity index (χ1v) is 5.05. The third kappa shape index (κ3) is 2.08. The van der Waals surface area contributed by atoms with Gasteiger partial charge in [0, 0.05) is 11.8 Å². The highest BCUT2D eigenvalue weighted by atomic mass is 16.5. The van der Waals surface area contributed by atoms with Gasteiger partial charge in [0.1, 0.15) is 0 Å². The maximum atomic E-state index is 11.2. The molecule has 0 fully saturated rings. The van der Waals surface area contributed by atoms with Crippen molar-refractivity contribution in [3.05, 3.63) is 23.4 Å². The van der Waals surface area contributed by atoms with Crippen molar-refractivity contribution in [1.82, 2.24) is 4.98 Å². The van der Waals surface area contributed by atoms with Crippen molar-refractivity contribution < 1.29 is 14.6 Å². The Bertz CT molecular complexity index is 429. The lowest BCUT2D eigenvalue weighted by molar-refractivity contribution is 0.0590. The van der Waals surface area contributed by atoms with Gasteiger partial charge in [0.25, 0.3) is 0 Å². The number of carbonyl (C=O) groups excluding carboxylic acids is 1. The van der Waals surface area contributed by atoms with E-state index in [9.17, 15) is 9.90 Å². The second-order valence-corrected chi connectivity index (χ2v) is 2.84. The Morgan fingerprint density at radius 1 is 1.50 bits per heavy atom. The molecule has 16 heavy (non-hydrogen) atoms. The van der Waals surface area contributed by atoms with Crippen molar-refractivity contribution in [2.75, 3.05) is 7.11 Å². The second-order valence-electron chi connectivity index (χ2n) is 2.84. The lowest BCUT2D eigenvalue weighted by Crippen LogP contribution is -2.16. The van der Waals surface area contributed by atoms with Gasteiger partial charge in [-0.3, -0.25) is 0 Å². The molecule has 2 heterocycles. The molecule has 1 aromatic rings. The zero-order valence-corrected chi connectivity index (χ0v) is 9.52. The number of methoxy groups -OCH3 is 1. The zero-order valence-electron chi connectivity index (χ0n) is 9.52. The summed E-state index contributed by atoms with van der Waals surface area (Å²) >= 11 is 0. The third-order valence-corrected chi connectivity index (χ3v) is 2.04. The number of carbonyl (C=O) groups is 1. The van der Waals surface area contributed by atoms with E-state index in [4.69, 9.17) is 0 Å². The van der Waals surface area contributed by atoms with Crippen LogP contribution in [0.4, 0.5) is 0 Å². The van der Waals surface area contributed by atoms with Crippen LogP contribution in [0.2, 0.25) is 0 Å². The Labute approximate surface area is 95.2 Å². The molecule has 0 spiro atoms. The van der Waals surface area contributed by atoms with E-state index >= 15 is 0 Å². The Morgan fingerprint density at radius 2 is 2.19 bits per heavy atom. The highest BCUT2D eigenvalue weighted by Gasteiger charge is 2.20. The summed E-state index contributed by atoms with van der Waals surface area (Å²) in [4.78, 5) is 15.0. The van der Waals surface area contributed by atoms with Gasteiger partial charge in [-0.15, -0.1) is 5.98 Å². The molecule has 0 aromatic carbocycles. The average Bonchev–Trinajstić information content (AvgIpc) is 2.80. The number of nitrogens with zero attached hydrogens (tertiary/aromatic N) is 1. The Kier molecular flexibility index (Phi) is 4.11. The molecule has 0 bridgehead atoms. The lowest BCUT2D eigenvalue weighted by atomic mass is 9.74. The Morgan fingerprint density at radius 3 is 2.81 bits per heavy atom. The van der Waals surface area contributed by atoms with Gasteiger partial charge in [0.05, 0.1) is 7.11 Å². The highest BCUT2D eigenvalue weighted by Crippen LogP contribution is 2.22. The molecule has 2 rings (SSSR count). The summed E-state index contributed by atoms with van der Waals surface area (Å²) in [7, 11) is 3.06. The van der Waals surface area contributed by atoms with E-state index in [0.29, 0.717) is 5.56 Å². The van der Waals surface area contributed by atoms with Gasteiger partial charge < -0.3 is 9.84 Å². The summed E-state index contributed by atoms with van der Waals surface area (Å²) in [6, 6.07) is 0. The summed E-state index contributed by atoms with van der Waals surface area (Å²) in [5.74, 6) is 1.03. The number of pyridine rings is 1. The van der Waals surface area contributed by atoms with Crippen LogP contribution in [0.1, 0.15) is 29.9 Å². The molecule has 5 heteroatoms. The maximum Gasteiger partial charge on any atom is 0.360 e. The molecule has 1 aliphatic heterocycles. The molecule has 0 unspecified atom stereocenters. The summed E-state index contributed by atoms with van der Waals surface area (Å²) in [6.07, 6.45) is 3.25. The average molecular weight is 218 g/mol. The molecule has 1 radical (unpaired) electrons. The summed E-state index contributed by atoms with van der Waals surface area (Å²) in [5.41, 5.74) is 1.36. The number of hydrogen-bond acceptors (Lipinski definition) is 4. The van der Waals surface area contributed by atoms with Crippen LogP contribution in [-0.4, -0.2) is 30.4 Å². The van der Waals surface area contributed by atoms with Crippen LogP contribution in [0.25, 0.3) is 6.08 Å². The van der Waals surface area contributed by atoms with Crippen molar-refractivity contribution in [1.29, 1.82) is 0 Å². The number of hydrogen-bond donors (Lipinski definition) is 1. The van der Waals surface area contributed by atoms with Gasteiger partial charge in [-0.1, -0.05) is 25.4 Å². The van der Waals surface area contributed by atoms with E-state index < -0.39 is 5.97 Å². The van der Waals surface area contributed by atoms with Crippen LogP contribution in [0, 0.1) is 0 Å². The minimum absolute atomic E-state index is 0.0498. The number of aromatic nitrogens is 1. The molecule has 0 aliphatic carbocycles. The Balaban J connectivity index is 0.000000606. The van der Waals surface area contributed by atoms with Crippen molar-refractivity contribution in [3.8, 4) is 5.75 Å². The molecule has 1 aromatic heterocycles. The SMILES string of the molecule is CC.COC(=O)c1ncc2c(c1O)C=C[B]2. The molecule has 83 valence electrons. The number of fused-ring (bicyclic) bond motifs is 1. The van der Waals surface area contributed by atoms with Crippen LogP contribution in [0.5, 0.6) is 5.75 Å².